The molecule has 0 aliphatic heterocycles. The fraction of sp³-hybridized carbons (Fsp3) is 0.235. The van der Waals surface area contributed by atoms with Crippen molar-refractivity contribution in [2.75, 3.05) is 6.54 Å². The van der Waals surface area contributed by atoms with Crippen LogP contribution in [0.1, 0.15) is 16.7 Å². The van der Waals surface area contributed by atoms with Gasteiger partial charge in [-0.2, -0.15) is 0 Å². The smallest absolute Gasteiger partial charge is 0.241 e. The monoisotopic (exact) mass is 350 g/mol. The van der Waals surface area contributed by atoms with Crippen molar-refractivity contribution in [1.29, 1.82) is 0 Å². The van der Waals surface area contributed by atoms with Crippen molar-refractivity contribution in [3.63, 3.8) is 0 Å². The molecule has 0 radical (unpaired) electrons. The number of nitrogens with one attached hydrogen (secondary N) is 2. The summed E-state index contributed by atoms with van der Waals surface area (Å²) >= 11 is 0. The summed E-state index contributed by atoms with van der Waals surface area (Å²) in [6, 6.07) is 10.7. The summed E-state index contributed by atoms with van der Waals surface area (Å²) in [7, 11) is -3.75. The number of carbonyl (C=O) groups is 1. The van der Waals surface area contributed by atoms with E-state index in [0.29, 0.717) is 5.56 Å². The Morgan fingerprint density at radius 1 is 1.08 bits per heavy atom. The summed E-state index contributed by atoms with van der Waals surface area (Å²) in [6.07, 6.45) is 0. The molecule has 0 spiro atoms. The van der Waals surface area contributed by atoms with Gasteiger partial charge in [-0.25, -0.2) is 17.5 Å². The number of amides is 1. The van der Waals surface area contributed by atoms with E-state index in [-0.39, 0.29) is 23.8 Å². The first-order chi connectivity index (χ1) is 11.3. The van der Waals surface area contributed by atoms with Crippen molar-refractivity contribution in [1.82, 2.24) is 10.0 Å². The molecular weight excluding hydrogens is 331 g/mol. The first-order valence-electron chi connectivity index (χ1n) is 7.36. The van der Waals surface area contributed by atoms with Gasteiger partial charge in [0.15, 0.2) is 0 Å². The van der Waals surface area contributed by atoms with Crippen LogP contribution in [0.4, 0.5) is 4.39 Å². The van der Waals surface area contributed by atoms with Crippen LogP contribution in [0.2, 0.25) is 0 Å². The molecule has 0 bridgehead atoms. The van der Waals surface area contributed by atoms with Crippen LogP contribution in [0.3, 0.4) is 0 Å². The summed E-state index contributed by atoms with van der Waals surface area (Å²) in [5.74, 6) is -0.820. The lowest BCUT2D eigenvalue weighted by atomic mass is 10.2. The molecule has 0 fully saturated rings. The van der Waals surface area contributed by atoms with Crippen LogP contribution in [0.25, 0.3) is 0 Å². The highest BCUT2D eigenvalue weighted by molar-refractivity contribution is 7.89. The van der Waals surface area contributed by atoms with Crippen LogP contribution in [0, 0.1) is 19.7 Å². The fourth-order valence-corrected chi connectivity index (χ4v) is 3.41. The van der Waals surface area contributed by atoms with Crippen LogP contribution in [0.15, 0.2) is 47.4 Å². The van der Waals surface area contributed by atoms with E-state index in [1.165, 1.54) is 18.2 Å². The molecular formula is C17H19FN2O3S. The summed E-state index contributed by atoms with van der Waals surface area (Å²) in [4.78, 5) is 11.9. The highest BCUT2D eigenvalue weighted by atomic mass is 32.2. The van der Waals surface area contributed by atoms with Crippen LogP contribution < -0.4 is 10.0 Å². The Hall–Kier alpha value is -2.25. The fourth-order valence-electron chi connectivity index (χ4n) is 2.20. The van der Waals surface area contributed by atoms with Gasteiger partial charge in [0.25, 0.3) is 0 Å². The van der Waals surface area contributed by atoms with E-state index in [0.717, 1.165) is 11.1 Å². The second-order valence-electron chi connectivity index (χ2n) is 5.50. The number of carbonyl (C=O) groups excluding carboxylic acids is 1. The third-order valence-corrected chi connectivity index (χ3v) is 5.01. The highest BCUT2D eigenvalue weighted by Crippen LogP contribution is 2.15. The number of rotatable bonds is 6. The zero-order valence-corrected chi connectivity index (χ0v) is 14.3. The summed E-state index contributed by atoms with van der Waals surface area (Å²) < 4.78 is 39.6. The Morgan fingerprint density at radius 2 is 1.75 bits per heavy atom. The highest BCUT2D eigenvalue weighted by Gasteiger charge is 2.17. The van der Waals surface area contributed by atoms with E-state index >= 15 is 0 Å². The molecule has 0 atom stereocenters. The van der Waals surface area contributed by atoms with Gasteiger partial charge in [0, 0.05) is 6.54 Å². The van der Waals surface area contributed by atoms with Gasteiger partial charge in [0.1, 0.15) is 5.82 Å². The summed E-state index contributed by atoms with van der Waals surface area (Å²) in [6.45, 7) is 3.41. The first kappa shape index (κ1) is 18.1. The Kier molecular flexibility index (Phi) is 5.69. The quantitative estimate of drug-likeness (QED) is 0.837. The minimum Gasteiger partial charge on any atom is -0.351 e. The van der Waals surface area contributed by atoms with Crippen molar-refractivity contribution in [2.45, 2.75) is 25.3 Å². The topological polar surface area (TPSA) is 75.3 Å². The molecule has 0 aliphatic carbocycles. The lowest BCUT2D eigenvalue weighted by molar-refractivity contribution is -0.120. The molecule has 0 heterocycles. The molecule has 2 N–H and O–H groups in total. The van der Waals surface area contributed by atoms with Gasteiger partial charge < -0.3 is 5.32 Å². The van der Waals surface area contributed by atoms with Crippen molar-refractivity contribution >= 4 is 15.9 Å². The van der Waals surface area contributed by atoms with Gasteiger partial charge in [-0.15, -0.1) is 0 Å². The van der Waals surface area contributed by atoms with Crippen molar-refractivity contribution in [3.8, 4) is 0 Å². The van der Waals surface area contributed by atoms with Crippen LogP contribution in [-0.2, 0) is 21.4 Å². The normalized spacial score (nSPS) is 11.3. The molecule has 128 valence electrons. The largest absolute Gasteiger partial charge is 0.351 e. The molecule has 7 heteroatoms. The Labute approximate surface area is 141 Å². The van der Waals surface area contributed by atoms with Crippen LogP contribution in [-0.4, -0.2) is 20.9 Å². The second kappa shape index (κ2) is 7.55. The minimum atomic E-state index is -3.75. The predicted molar refractivity (Wildman–Crippen MR) is 89.4 cm³/mol. The zero-order valence-electron chi connectivity index (χ0n) is 13.5. The summed E-state index contributed by atoms with van der Waals surface area (Å²) in [5, 5.41) is 2.58. The number of hydrogen-bond acceptors (Lipinski definition) is 3. The predicted octanol–water partition coefficient (Wildman–Crippen LogP) is 2.04. The van der Waals surface area contributed by atoms with E-state index in [1.54, 1.807) is 31.2 Å². The van der Waals surface area contributed by atoms with E-state index in [9.17, 15) is 17.6 Å². The van der Waals surface area contributed by atoms with Gasteiger partial charge in [-0.1, -0.05) is 29.8 Å². The van der Waals surface area contributed by atoms with Gasteiger partial charge in [0.05, 0.1) is 11.4 Å². The lowest BCUT2D eigenvalue weighted by Gasteiger charge is -2.10. The molecule has 0 saturated heterocycles. The average Bonchev–Trinajstić information content (AvgIpc) is 2.52. The number of halogens is 1. The number of hydrogen-bond donors (Lipinski definition) is 2. The van der Waals surface area contributed by atoms with E-state index in [4.69, 9.17) is 0 Å². The number of benzene rings is 2. The van der Waals surface area contributed by atoms with Gasteiger partial charge >= 0.3 is 0 Å². The van der Waals surface area contributed by atoms with Crippen molar-refractivity contribution < 1.29 is 17.6 Å². The molecule has 24 heavy (non-hydrogen) atoms. The molecule has 2 rings (SSSR count). The molecule has 0 saturated carbocycles. The SMILES string of the molecule is Cc1ccc(S(=O)(=O)NCC(=O)NCc2ccc(F)cc2)c(C)c1. The van der Waals surface area contributed by atoms with E-state index < -0.39 is 15.9 Å². The first-order valence-corrected chi connectivity index (χ1v) is 8.84. The molecule has 1 amide bonds. The lowest BCUT2D eigenvalue weighted by Crippen LogP contribution is -2.36. The standard InChI is InChI=1S/C17H19FN2O3S/c1-12-3-8-16(13(2)9-12)24(22,23)20-11-17(21)19-10-14-4-6-15(18)7-5-14/h3-9,20H,10-11H2,1-2H3,(H,19,21). The maximum absolute atomic E-state index is 12.8. The Bertz CT molecular complexity index is 833. The van der Waals surface area contributed by atoms with Crippen LogP contribution in [0.5, 0.6) is 0 Å². The molecule has 0 aromatic heterocycles. The number of sulfonamides is 1. The maximum Gasteiger partial charge on any atom is 0.241 e. The Balaban J connectivity index is 1.91. The zero-order chi connectivity index (χ0) is 17.7. The molecule has 0 aliphatic rings. The average molecular weight is 350 g/mol. The van der Waals surface area contributed by atoms with Gasteiger partial charge in [0.2, 0.25) is 15.9 Å². The summed E-state index contributed by atoms with van der Waals surface area (Å²) in [5.41, 5.74) is 2.31. The van der Waals surface area contributed by atoms with Crippen molar-refractivity contribution in [2.24, 2.45) is 0 Å². The molecule has 0 unspecified atom stereocenters. The third-order valence-electron chi connectivity index (χ3n) is 3.45. The molecule has 2 aromatic rings. The van der Waals surface area contributed by atoms with E-state index in [1.807, 2.05) is 6.92 Å². The third kappa shape index (κ3) is 4.87. The van der Waals surface area contributed by atoms with Gasteiger partial charge in [-0.3, -0.25) is 4.79 Å². The minimum absolute atomic E-state index is 0.152. The molecule has 2 aromatic carbocycles. The maximum atomic E-state index is 12.8. The van der Waals surface area contributed by atoms with Crippen LogP contribution >= 0.6 is 0 Å². The van der Waals surface area contributed by atoms with E-state index in [2.05, 4.69) is 10.0 Å². The van der Waals surface area contributed by atoms with Crippen molar-refractivity contribution in [3.05, 3.63) is 65.0 Å². The number of aryl methyl sites for hydroxylation is 2. The second-order valence-corrected chi connectivity index (χ2v) is 7.23. The van der Waals surface area contributed by atoms with Gasteiger partial charge in [-0.05, 0) is 43.2 Å². The Morgan fingerprint density at radius 3 is 2.38 bits per heavy atom. The molecule has 5 nitrogen and oxygen atoms in total.